The van der Waals surface area contributed by atoms with Gasteiger partial charge in [0.05, 0.1) is 12.1 Å². The molecule has 0 aromatic carbocycles. The molecule has 0 aromatic heterocycles. The van der Waals surface area contributed by atoms with Gasteiger partial charge in [0.1, 0.15) is 0 Å². The molecule has 0 rings (SSSR count). The molecule has 0 fully saturated rings. The van der Waals surface area contributed by atoms with Crippen molar-refractivity contribution in [3.63, 3.8) is 0 Å². The van der Waals surface area contributed by atoms with Crippen molar-refractivity contribution in [2.24, 2.45) is 0 Å². The van der Waals surface area contributed by atoms with Crippen LogP contribution in [0.4, 0.5) is 0 Å². The van der Waals surface area contributed by atoms with Crippen LogP contribution in [0.25, 0.3) is 0 Å². The van der Waals surface area contributed by atoms with Gasteiger partial charge in [-0.25, -0.2) is 0 Å². The van der Waals surface area contributed by atoms with Gasteiger partial charge in [-0.1, -0.05) is 6.92 Å². The van der Waals surface area contributed by atoms with Gasteiger partial charge in [0.15, 0.2) is 0 Å². The van der Waals surface area contributed by atoms with E-state index in [0.29, 0.717) is 0 Å². The smallest absolute Gasteiger partial charge is 0.0960 e. The highest BCUT2D eigenvalue weighted by Crippen LogP contribution is 1.98. The lowest BCUT2D eigenvalue weighted by molar-refractivity contribution is 0.613. The SMILES string of the molecule is CCNC(C#N)CCSC. The largest absolute Gasteiger partial charge is 0.302 e. The molecule has 3 heteroatoms. The Morgan fingerprint density at radius 3 is 2.80 bits per heavy atom. The lowest BCUT2D eigenvalue weighted by Crippen LogP contribution is -2.27. The van der Waals surface area contributed by atoms with E-state index < -0.39 is 0 Å². The first-order valence-corrected chi connectivity index (χ1v) is 4.86. The Morgan fingerprint density at radius 1 is 1.70 bits per heavy atom. The second kappa shape index (κ2) is 6.91. The Hall–Kier alpha value is -0.200. The van der Waals surface area contributed by atoms with E-state index in [1.807, 2.05) is 6.92 Å². The third kappa shape index (κ3) is 4.66. The zero-order valence-corrected chi connectivity index (χ0v) is 7.37. The molecule has 0 aromatic rings. The zero-order valence-electron chi connectivity index (χ0n) is 6.55. The molecule has 0 amide bonds. The highest BCUT2D eigenvalue weighted by atomic mass is 32.2. The molecular weight excluding hydrogens is 144 g/mol. The minimum Gasteiger partial charge on any atom is -0.302 e. The van der Waals surface area contributed by atoms with E-state index in [9.17, 15) is 0 Å². The van der Waals surface area contributed by atoms with Crippen molar-refractivity contribution < 1.29 is 0 Å². The fourth-order valence-electron chi connectivity index (χ4n) is 0.694. The minimum atomic E-state index is 0.0532. The van der Waals surface area contributed by atoms with Crippen LogP contribution >= 0.6 is 11.8 Å². The van der Waals surface area contributed by atoms with Crippen LogP contribution in [0, 0.1) is 11.3 Å². The molecule has 0 radical (unpaired) electrons. The molecule has 2 nitrogen and oxygen atoms in total. The van der Waals surface area contributed by atoms with E-state index in [0.717, 1.165) is 18.7 Å². The molecule has 0 aliphatic carbocycles. The summed E-state index contributed by atoms with van der Waals surface area (Å²) in [5, 5.41) is 11.7. The molecule has 0 aliphatic heterocycles. The van der Waals surface area contributed by atoms with Crippen molar-refractivity contribution in [1.29, 1.82) is 5.26 Å². The van der Waals surface area contributed by atoms with Gasteiger partial charge >= 0.3 is 0 Å². The van der Waals surface area contributed by atoms with Crippen molar-refractivity contribution in [1.82, 2.24) is 5.32 Å². The van der Waals surface area contributed by atoms with Crippen LogP contribution in [0.1, 0.15) is 13.3 Å². The number of nitrogens with one attached hydrogen (secondary N) is 1. The first kappa shape index (κ1) is 9.80. The maximum Gasteiger partial charge on any atom is 0.0960 e. The van der Waals surface area contributed by atoms with Gasteiger partial charge in [-0.05, 0) is 25.0 Å². The first-order chi connectivity index (χ1) is 4.85. The standard InChI is InChI=1S/C7H14N2S/c1-3-9-7(6-8)4-5-10-2/h7,9H,3-5H2,1-2H3. The molecule has 0 heterocycles. The van der Waals surface area contributed by atoms with E-state index >= 15 is 0 Å². The average molecular weight is 158 g/mol. The third-order valence-corrected chi connectivity index (χ3v) is 1.86. The second-order valence-electron chi connectivity index (χ2n) is 2.02. The molecule has 0 saturated carbocycles. The zero-order chi connectivity index (χ0) is 7.82. The Labute approximate surface area is 67.0 Å². The lowest BCUT2D eigenvalue weighted by Gasteiger charge is -2.06. The highest BCUT2D eigenvalue weighted by molar-refractivity contribution is 7.98. The molecule has 58 valence electrons. The molecule has 10 heavy (non-hydrogen) atoms. The fourth-order valence-corrected chi connectivity index (χ4v) is 1.17. The summed E-state index contributed by atoms with van der Waals surface area (Å²) in [6, 6.07) is 2.27. The van der Waals surface area contributed by atoms with E-state index in [-0.39, 0.29) is 6.04 Å². The van der Waals surface area contributed by atoms with Gasteiger partial charge in [0.2, 0.25) is 0 Å². The molecule has 0 saturated heterocycles. The summed E-state index contributed by atoms with van der Waals surface area (Å²) in [6.07, 6.45) is 3.01. The molecule has 0 spiro atoms. The van der Waals surface area contributed by atoms with Crippen molar-refractivity contribution in [2.45, 2.75) is 19.4 Å². The Balaban J connectivity index is 3.33. The van der Waals surface area contributed by atoms with Crippen molar-refractivity contribution in [2.75, 3.05) is 18.6 Å². The average Bonchev–Trinajstić information content (AvgIpc) is 1.98. The normalized spacial score (nSPS) is 12.5. The summed E-state index contributed by atoms with van der Waals surface area (Å²) in [7, 11) is 0. The predicted molar refractivity (Wildman–Crippen MR) is 46.1 cm³/mol. The maximum absolute atomic E-state index is 8.56. The molecule has 1 unspecified atom stereocenters. The van der Waals surface area contributed by atoms with E-state index in [1.54, 1.807) is 11.8 Å². The quantitative estimate of drug-likeness (QED) is 0.654. The minimum absolute atomic E-state index is 0.0532. The summed E-state index contributed by atoms with van der Waals surface area (Å²) >= 11 is 1.78. The summed E-state index contributed by atoms with van der Waals surface area (Å²) < 4.78 is 0. The Kier molecular flexibility index (Phi) is 6.78. The fraction of sp³-hybridized carbons (Fsp3) is 0.857. The third-order valence-electron chi connectivity index (χ3n) is 1.22. The number of nitriles is 1. The van der Waals surface area contributed by atoms with Gasteiger partial charge < -0.3 is 5.32 Å². The monoisotopic (exact) mass is 158 g/mol. The Morgan fingerprint density at radius 2 is 2.40 bits per heavy atom. The number of nitrogens with zero attached hydrogens (tertiary/aromatic N) is 1. The number of thioether (sulfide) groups is 1. The van der Waals surface area contributed by atoms with Crippen molar-refractivity contribution in [3.8, 4) is 6.07 Å². The van der Waals surface area contributed by atoms with E-state index in [2.05, 4.69) is 17.6 Å². The van der Waals surface area contributed by atoms with E-state index in [1.165, 1.54) is 0 Å². The predicted octanol–water partition coefficient (Wildman–Crippen LogP) is 1.24. The van der Waals surface area contributed by atoms with Crippen LogP contribution in [0.15, 0.2) is 0 Å². The van der Waals surface area contributed by atoms with Crippen LogP contribution in [0.2, 0.25) is 0 Å². The molecule has 0 bridgehead atoms. The molecule has 0 aliphatic rings. The summed E-state index contributed by atoms with van der Waals surface area (Å²) in [5.41, 5.74) is 0. The summed E-state index contributed by atoms with van der Waals surface area (Å²) in [6.45, 7) is 2.90. The first-order valence-electron chi connectivity index (χ1n) is 3.47. The van der Waals surface area contributed by atoms with Crippen LogP contribution in [-0.2, 0) is 0 Å². The topological polar surface area (TPSA) is 35.8 Å². The molecular formula is C7H14N2S. The second-order valence-corrected chi connectivity index (χ2v) is 3.01. The van der Waals surface area contributed by atoms with Gasteiger partial charge in [-0.3, -0.25) is 0 Å². The molecule has 1 atom stereocenters. The van der Waals surface area contributed by atoms with Gasteiger partial charge in [0, 0.05) is 0 Å². The van der Waals surface area contributed by atoms with Crippen LogP contribution in [-0.4, -0.2) is 24.6 Å². The van der Waals surface area contributed by atoms with Gasteiger partial charge in [-0.15, -0.1) is 0 Å². The van der Waals surface area contributed by atoms with Gasteiger partial charge in [-0.2, -0.15) is 17.0 Å². The van der Waals surface area contributed by atoms with Gasteiger partial charge in [0.25, 0.3) is 0 Å². The summed E-state index contributed by atoms with van der Waals surface area (Å²) in [4.78, 5) is 0. The molecule has 1 N–H and O–H groups in total. The number of hydrogen-bond donors (Lipinski definition) is 1. The van der Waals surface area contributed by atoms with E-state index in [4.69, 9.17) is 5.26 Å². The lowest BCUT2D eigenvalue weighted by atomic mass is 10.2. The van der Waals surface area contributed by atoms with Crippen LogP contribution in [0.3, 0.4) is 0 Å². The van der Waals surface area contributed by atoms with Crippen molar-refractivity contribution >= 4 is 11.8 Å². The van der Waals surface area contributed by atoms with Crippen molar-refractivity contribution in [3.05, 3.63) is 0 Å². The van der Waals surface area contributed by atoms with Crippen LogP contribution < -0.4 is 5.32 Å². The Bertz CT molecular complexity index is 109. The maximum atomic E-state index is 8.56. The van der Waals surface area contributed by atoms with Crippen LogP contribution in [0.5, 0.6) is 0 Å². The number of rotatable bonds is 5. The number of hydrogen-bond acceptors (Lipinski definition) is 3. The highest BCUT2D eigenvalue weighted by Gasteiger charge is 2.02. The summed E-state index contributed by atoms with van der Waals surface area (Å²) in [5.74, 6) is 1.06.